The summed E-state index contributed by atoms with van der Waals surface area (Å²) >= 11 is 1.63. The molecule has 1 amide bonds. The van der Waals surface area contributed by atoms with Gasteiger partial charge in [-0.2, -0.15) is 0 Å². The number of piperidine rings is 3. The van der Waals surface area contributed by atoms with Crippen LogP contribution in [-0.4, -0.2) is 84.1 Å². The Morgan fingerprint density at radius 1 is 1.06 bits per heavy atom. The Morgan fingerprint density at radius 2 is 1.91 bits per heavy atom. The molecule has 8 heteroatoms. The molecule has 180 valence electrons. The second-order valence-corrected chi connectivity index (χ2v) is 10.9. The molecule has 3 fully saturated rings. The third-order valence-corrected chi connectivity index (χ3v) is 8.67. The van der Waals surface area contributed by atoms with Crippen LogP contribution in [0, 0.1) is 5.92 Å². The number of carbonyl (C=O) groups excluding carboxylic acids is 1. The van der Waals surface area contributed by atoms with Crippen LogP contribution in [0.15, 0.2) is 18.3 Å². The summed E-state index contributed by atoms with van der Waals surface area (Å²) in [7, 11) is 0. The molecule has 33 heavy (non-hydrogen) atoms. The van der Waals surface area contributed by atoms with E-state index in [1.54, 1.807) is 11.3 Å². The molecule has 3 aliphatic rings. The number of nitrogens with zero attached hydrogens (tertiary/aromatic N) is 5. The molecule has 5 rings (SSSR count). The molecule has 1 atom stereocenters. The maximum absolute atomic E-state index is 12.8. The predicted molar refractivity (Wildman–Crippen MR) is 135 cm³/mol. The van der Waals surface area contributed by atoms with Gasteiger partial charge in [-0.15, -0.1) is 0 Å². The van der Waals surface area contributed by atoms with E-state index in [4.69, 9.17) is 4.98 Å². The van der Waals surface area contributed by atoms with Gasteiger partial charge in [0.1, 0.15) is 10.3 Å². The van der Waals surface area contributed by atoms with Crippen LogP contribution in [0.25, 0.3) is 10.3 Å². The minimum absolute atomic E-state index is 0.0546. The average molecular weight is 471 g/mol. The maximum atomic E-state index is 12.8. The number of likely N-dealkylation sites (tertiary alicyclic amines) is 2. The SMILES string of the molecule is O=C(NCCCN1CCC(N2CCCCC2)CC1)C1CCCN(c2nc3cccnc3s2)C1. The van der Waals surface area contributed by atoms with Gasteiger partial charge in [-0.25, -0.2) is 9.97 Å². The van der Waals surface area contributed by atoms with E-state index < -0.39 is 0 Å². The Kier molecular flexibility index (Phi) is 7.74. The van der Waals surface area contributed by atoms with Crippen molar-refractivity contribution in [1.82, 2.24) is 25.1 Å². The molecule has 7 nitrogen and oxygen atoms in total. The molecule has 0 saturated carbocycles. The summed E-state index contributed by atoms with van der Waals surface area (Å²) in [6, 6.07) is 4.74. The number of pyridine rings is 1. The Labute approximate surface area is 201 Å². The Balaban J connectivity index is 1.01. The molecule has 0 radical (unpaired) electrons. The third-order valence-electron chi connectivity index (χ3n) is 7.63. The first-order chi connectivity index (χ1) is 16.3. The summed E-state index contributed by atoms with van der Waals surface area (Å²) in [5, 5.41) is 4.22. The lowest BCUT2D eigenvalue weighted by Gasteiger charge is -2.40. The lowest BCUT2D eigenvalue weighted by atomic mass is 9.97. The summed E-state index contributed by atoms with van der Waals surface area (Å²) < 4.78 is 0. The first-order valence-corrected chi connectivity index (χ1v) is 13.8. The van der Waals surface area contributed by atoms with Crippen LogP contribution >= 0.6 is 11.3 Å². The van der Waals surface area contributed by atoms with Crippen molar-refractivity contribution in [3.05, 3.63) is 18.3 Å². The van der Waals surface area contributed by atoms with Gasteiger partial charge in [-0.1, -0.05) is 17.8 Å². The maximum Gasteiger partial charge on any atom is 0.224 e. The Hall–Kier alpha value is -1.77. The van der Waals surface area contributed by atoms with Gasteiger partial charge in [-0.3, -0.25) is 4.79 Å². The van der Waals surface area contributed by atoms with E-state index >= 15 is 0 Å². The minimum atomic E-state index is 0.0546. The fourth-order valence-electron chi connectivity index (χ4n) is 5.71. The van der Waals surface area contributed by atoms with Crippen LogP contribution in [0.5, 0.6) is 0 Å². The Bertz CT molecular complexity index is 872. The molecule has 3 saturated heterocycles. The van der Waals surface area contributed by atoms with E-state index in [0.717, 1.165) is 67.0 Å². The molecule has 1 N–H and O–H groups in total. The van der Waals surface area contributed by atoms with E-state index in [1.165, 1.54) is 58.3 Å². The molecule has 2 aromatic rings. The lowest BCUT2D eigenvalue weighted by molar-refractivity contribution is -0.125. The summed E-state index contributed by atoms with van der Waals surface area (Å²) in [6.45, 7) is 8.66. The van der Waals surface area contributed by atoms with Gasteiger partial charge in [0.25, 0.3) is 0 Å². The molecule has 0 spiro atoms. The highest BCUT2D eigenvalue weighted by molar-refractivity contribution is 7.21. The second-order valence-electron chi connectivity index (χ2n) is 9.92. The van der Waals surface area contributed by atoms with Gasteiger partial charge in [0.05, 0.1) is 5.92 Å². The zero-order valence-electron chi connectivity index (χ0n) is 19.8. The highest BCUT2D eigenvalue weighted by Gasteiger charge is 2.28. The first kappa shape index (κ1) is 23.0. The molecular weight excluding hydrogens is 432 g/mol. The van der Waals surface area contributed by atoms with Gasteiger partial charge in [-0.05, 0) is 89.8 Å². The summed E-state index contributed by atoms with van der Waals surface area (Å²) in [4.78, 5) is 30.5. The fourth-order valence-corrected chi connectivity index (χ4v) is 6.65. The molecule has 3 aliphatic heterocycles. The fraction of sp³-hybridized carbons (Fsp3) is 0.720. The standard InChI is InChI=1S/C25H38N6OS/c32-23(20-7-5-16-31(19-20)25-28-22-8-4-11-27-24(22)33-25)26-12-6-13-29-17-9-21(10-18-29)30-14-2-1-3-15-30/h4,8,11,20-21H,1-3,5-7,9-10,12-19H2,(H,26,32). The van der Waals surface area contributed by atoms with Gasteiger partial charge >= 0.3 is 0 Å². The van der Waals surface area contributed by atoms with Crippen molar-refractivity contribution < 1.29 is 4.79 Å². The van der Waals surface area contributed by atoms with Crippen LogP contribution in [0.1, 0.15) is 51.4 Å². The second kappa shape index (κ2) is 11.1. The van der Waals surface area contributed by atoms with Crippen molar-refractivity contribution in [3.63, 3.8) is 0 Å². The molecule has 0 bridgehead atoms. The summed E-state index contributed by atoms with van der Waals surface area (Å²) in [5.74, 6) is 0.266. The summed E-state index contributed by atoms with van der Waals surface area (Å²) in [6.07, 6.45) is 11.7. The number of amides is 1. The van der Waals surface area contributed by atoms with Gasteiger partial charge < -0.3 is 20.0 Å². The third kappa shape index (κ3) is 5.84. The highest BCUT2D eigenvalue weighted by atomic mass is 32.1. The van der Waals surface area contributed by atoms with Gasteiger partial charge in [0.15, 0.2) is 5.13 Å². The first-order valence-electron chi connectivity index (χ1n) is 13.0. The number of anilines is 1. The number of hydrogen-bond acceptors (Lipinski definition) is 7. The number of nitrogens with one attached hydrogen (secondary N) is 1. The van der Waals surface area contributed by atoms with Crippen LogP contribution in [-0.2, 0) is 4.79 Å². The van der Waals surface area contributed by atoms with Crippen LogP contribution in [0.3, 0.4) is 0 Å². The number of thiazole rings is 1. The monoisotopic (exact) mass is 470 g/mol. The molecule has 0 aliphatic carbocycles. The molecule has 5 heterocycles. The van der Waals surface area contributed by atoms with Crippen molar-refractivity contribution in [2.75, 3.05) is 57.3 Å². The van der Waals surface area contributed by atoms with Crippen molar-refractivity contribution in [3.8, 4) is 0 Å². The quantitative estimate of drug-likeness (QED) is 0.626. The number of rotatable bonds is 7. The van der Waals surface area contributed by atoms with Crippen LogP contribution in [0.2, 0.25) is 0 Å². The number of aromatic nitrogens is 2. The number of carbonyl (C=O) groups is 1. The molecule has 1 unspecified atom stereocenters. The van der Waals surface area contributed by atoms with E-state index in [9.17, 15) is 4.79 Å². The van der Waals surface area contributed by atoms with E-state index in [0.29, 0.717) is 0 Å². The van der Waals surface area contributed by atoms with E-state index in [-0.39, 0.29) is 11.8 Å². The average Bonchev–Trinajstić information content (AvgIpc) is 3.32. The highest BCUT2D eigenvalue weighted by Crippen LogP contribution is 2.30. The van der Waals surface area contributed by atoms with Crippen LogP contribution < -0.4 is 10.2 Å². The van der Waals surface area contributed by atoms with Crippen LogP contribution in [0.4, 0.5) is 5.13 Å². The molecule has 0 aromatic carbocycles. The van der Waals surface area contributed by atoms with Crippen molar-refractivity contribution in [2.45, 2.75) is 57.4 Å². The minimum Gasteiger partial charge on any atom is -0.356 e. The van der Waals surface area contributed by atoms with E-state index in [1.807, 2.05) is 18.3 Å². The normalized spacial score (nSPS) is 23.8. The number of hydrogen-bond donors (Lipinski definition) is 1. The topological polar surface area (TPSA) is 64.6 Å². The van der Waals surface area contributed by atoms with Crippen molar-refractivity contribution in [1.29, 1.82) is 0 Å². The van der Waals surface area contributed by atoms with Gasteiger partial charge in [0, 0.05) is 31.9 Å². The number of fused-ring (bicyclic) bond motifs is 1. The zero-order chi connectivity index (χ0) is 22.5. The molecule has 2 aromatic heterocycles. The predicted octanol–water partition coefficient (Wildman–Crippen LogP) is 3.36. The Morgan fingerprint density at radius 3 is 2.73 bits per heavy atom. The van der Waals surface area contributed by atoms with Gasteiger partial charge in [0.2, 0.25) is 5.91 Å². The molecular formula is C25H38N6OS. The van der Waals surface area contributed by atoms with E-state index in [2.05, 4.69) is 25.0 Å². The smallest absolute Gasteiger partial charge is 0.224 e. The zero-order valence-corrected chi connectivity index (χ0v) is 20.6. The lowest BCUT2D eigenvalue weighted by Crippen LogP contribution is -2.47. The van der Waals surface area contributed by atoms with Crippen molar-refractivity contribution in [2.24, 2.45) is 5.92 Å². The summed E-state index contributed by atoms with van der Waals surface area (Å²) in [5.41, 5.74) is 0.948. The van der Waals surface area contributed by atoms with Crippen molar-refractivity contribution >= 4 is 32.7 Å². The largest absolute Gasteiger partial charge is 0.356 e.